The van der Waals surface area contributed by atoms with Crippen molar-refractivity contribution in [3.63, 3.8) is 0 Å². The molecule has 0 aliphatic carbocycles. The van der Waals surface area contributed by atoms with Crippen molar-refractivity contribution >= 4 is 29.9 Å². The van der Waals surface area contributed by atoms with E-state index in [2.05, 4.69) is 10.1 Å². The highest BCUT2D eigenvalue weighted by molar-refractivity contribution is 5.96. The number of esters is 2. The van der Waals surface area contributed by atoms with Gasteiger partial charge in [-0.2, -0.15) is 0 Å². The molecule has 0 radical (unpaired) electrons. The molecule has 16 heteroatoms. The molecule has 0 aromatic heterocycles. The molecule has 9 N–H and O–H groups in total. The van der Waals surface area contributed by atoms with Crippen LogP contribution in [0.25, 0.3) is 6.08 Å². The van der Waals surface area contributed by atoms with Crippen LogP contribution in [-0.4, -0.2) is 47.6 Å². The highest BCUT2D eigenvalue weighted by atomic mass is 19.2. The Labute approximate surface area is 223 Å². The molecule has 2 aromatic carbocycles. The Hall–Kier alpha value is -4.44. The molecule has 2 aromatic rings. The number of carbonyl (C=O) groups excluding carboxylic acids is 2. The molecule has 0 fully saturated rings. The maximum Gasteiger partial charge on any atom is 0.338 e. The summed E-state index contributed by atoms with van der Waals surface area (Å²) in [6, 6.07) is 2.83. The Kier molecular flexibility index (Phi) is 13.3. The number of hydrogen-bond acceptors (Lipinski definition) is 7. The number of ether oxygens (including phenoxy) is 1. The predicted molar refractivity (Wildman–Crippen MR) is 129 cm³/mol. The van der Waals surface area contributed by atoms with Crippen LogP contribution in [0.15, 0.2) is 30.3 Å². The number of carboxylic acids is 1. The highest BCUT2D eigenvalue weighted by Crippen LogP contribution is 2.24. The van der Waals surface area contributed by atoms with Gasteiger partial charge in [-0.15, -0.1) is 0 Å². The zero-order chi connectivity index (χ0) is 30.6. The van der Waals surface area contributed by atoms with E-state index in [0.29, 0.717) is 31.0 Å². The van der Waals surface area contributed by atoms with Crippen LogP contribution in [0.3, 0.4) is 0 Å². The van der Waals surface area contributed by atoms with Gasteiger partial charge in [-0.1, -0.05) is 12.1 Å². The van der Waals surface area contributed by atoms with Gasteiger partial charge < -0.3 is 32.4 Å². The van der Waals surface area contributed by atoms with E-state index in [0.717, 1.165) is 12.1 Å². The summed E-state index contributed by atoms with van der Waals surface area (Å²) in [6.07, 6.45) is 1.45. The smallest absolute Gasteiger partial charge is 0.338 e. The van der Waals surface area contributed by atoms with Crippen LogP contribution >= 0.6 is 0 Å². The minimum absolute atomic E-state index is 0.103. The summed E-state index contributed by atoms with van der Waals surface area (Å²) in [5.41, 5.74) is 14.8. The number of nitrogens with two attached hydrogens (primary N) is 3. The van der Waals surface area contributed by atoms with E-state index >= 15 is 0 Å². The Balaban J connectivity index is 0.000000562. The average molecular weight is 577 g/mol. The lowest BCUT2D eigenvalue weighted by Crippen LogP contribution is -2.35. The van der Waals surface area contributed by atoms with E-state index in [4.69, 9.17) is 27.7 Å². The normalized spacial score (nSPS) is 12.2. The number of guanidine groups is 1. The van der Waals surface area contributed by atoms with Crippen LogP contribution in [0.5, 0.6) is 0 Å². The maximum atomic E-state index is 13.5. The molecular weight excluding hydrogens is 552 g/mol. The van der Waals surface area contributed by atoms with E-state index in [1.165, 1.54) is 12.1 Å². The van der Waals surface area contributed by atoms with Gasteiger partial charge in [-0.05, 0) is 43.0 Å². The minimum atomic E-state index is -2.35. The molecule has 2 rings (SSSR count). The van der Waals surface area contributed by atoms with E-state index < -0.39 is 70.5 Å². The van der Waals surface area contributed by atoms with Crippen LogP contribution in [0.1, 0.15) is 24.0 Å². The molecule has 0 bridgehead atoms. The van der Waals surface area contributed by atoms with Crippen molar-refractivity contribution in [2.24, 2.45) is 17.2 Å². The summed E-state index contributed by atoms with van der Waals surface area (Å²) in [5.74, 6) is -15.3. The number of halogens is 6. The first-order valence-electron chi connectivity index (χ1n) is 11.2. The Morgan fingerprint density at radius 3 is 1.95 bits per heavy atom. The van der Waals surface area contributed by atoms with Crippen LogP contribution < -0.4 is 22.5 Å². The quantitative estimate of drug-likeness (QED) is 0.0281. The van der Waals surface area contributed by atoms with Crippen molar-refractivity contribution in [1.82, 2.24) is 5.32 Å². The Bertz CT molecular complexity index is 1230. The molecule has 0 amide bonds. The van der Waals surface area contributed by atoms with Crippen molar-refractivity contribution in [2.45, 2.75) is 31.3 Å². The first kappa shape index (κ1) is 33.6. The number of carbonyl (C=O) groups is 3. The first-order chi connectivity index (χ1) is 18.6. The minimum Gasteiger partial charge on any atom is -0.480 e. The number of carboxylic acid groups (broad SMARTS) is 1. The molecule has 0 spiro atoms. The summed E-state index contributed by atoms with van der Waals surface area (Å²) >= 11 is 0. The fraction of sp³-hybridized carbons (Fsp3) is 0.250. The lowest BCUT2D eigenvalue weighted by atomic mass is 10.1. The molecule has 40 heavy (non-hydrogen) atoms. The van der Waals surface area contributed by atoms with Gasteiger partial charge in [-0.3, -0.25) is 10.2 Å². The molecule has 0 saturated heterocycles. The fourth-order valence-electron chi connectivity index (χ4n) is 2.75. The van der Waals surface area contributed by atoms with E-state index in [-0.39, 0.29) is 18.5 Å². The molecule has 0 aliphatic rings. The summed E-state index contributed by atoms with van der Waals surface area (Å²) in [7, 11) is 0. The van der Waals surface area contributed by atoms with Crippen molar-refractivity contribution in [1.29, 1.82) is 5.41 Å². The van der Waals surface area contributed by atoms with Crippen LogP contribution in [0.4, 0.5) is 26.3 Å². The van der Waals surface area contributed by atoms with Crippen molar-refractivity contribution < 1.29 is 50.6 Å². The molecular formula is C24H25F6N5O5. The van der Waals surface area contributed by atoms with Gasteiger partial charge in [0.25, 0.3) is 0 Å². The van der Waals surface area contributed by atoms with Gasteiger partial charge in [0.2, 0.25) is 5.82 Å². The van der Waals surface area contributed by atoms with Crippen LogP contribution in [0, 0.1) is 40.3 Å². The maximum absolute atomic E-state index is 13.5. The van der Waals surface area contributed by atoms with Crippen LogP contribution in [-0.2, 0) is 25.5 Å². The Morgan fingerprint density at radius 2 is 1.45 bits per heavy atom. The number of hydrogen-bond donors (Lipinski definition) is 6. The van der Waals surface area contributed by atoms with Crippen molar-refractivity contribution in [2.75, 3.05) is 6.54 Å². The second-order valence-corrected chi connectivity index (χ2v) is 7.92. The van der Waals surface area contributed by atoms with Gasteiger partial charge in [0.05, 0.1) is 5.56 Å². The van der Waals surface area contributed by atoms with E-state index in [1.54, 1.807) is 0 Å². The topological polar surface area (TPSA) is 195 Å². The second-order valence-electron chi connectivity index (χ2n) is 7.92. The average Bonchev–Trinajstić information content (AvgIpc) is 2.90. The first-order valence-corrected chi connectivity index (χ1v) is 11.2. The fourth-order valence-corrected chi connectivity index (χ4v) is 2.75. The third kappa shape index (κ3) is 10.7. The van der Waals surface area contributed by atoms with Gasteiger partial charge in [0.15, 0.2) is 29.2 Å². The molecule has 10 nitrogen and oxygen atoms in total. The summed E-state index contributed by atoms with van der Waals surface area (Å²) in [5, 5.41) is 17.7. The molecule has 0 unspecified atom stereocenters. The number of rotatable bonds is 10. The zero-order valence-electron chi connectivity index (χ0n) is 20.5. The predicted octanol–water partition coefficient (Wildman–Crippen LogP) is 1.84. The molecule has 218 valence electrons. The van der Waals surface area contributed by atoms with Crippen LogP contribution in [0.2, 0.25) is 0 Å². The largest absolute Gasteiger partial charge is 0.480 e. The second kappa shape index (κ2) is 15.8. The number of benzene rings is 2. The molecule has 2 atom stereocenters. The summed E-state index contributed by atoms with van der Waals surface area (Å²) in [4.78, 5) is 33.5. The van der Waals surface area contributed by atoms with Gasteiger partial charge in [-0.25, -0.2) is 35.9 Å². The number of nitrogens with one attached hydrogen (secondary N) is 2. The van der Waals surface area contributed by atoms with Crippen molar-refractivity contribution in [3.05, 3.63) is 76.4 Å². The number of aliphatic carboxylic acids is 1. The summed E-state index contributed by atoms with van der Waals surface area (Å²) in [6.45, 7) is 0.482. The molecule has 0 saturated carbocycles. The highest BCUT2D eigenvalue weighted by Gasteiger charge is 2.25. The van der Waals surface area contributed by atoms with Gasteiger partial charge in [0.1, 0.15) is 17.9 Å². The molecule has 0 heterocycles. The summed E-state index contributed by atoms with van der Waals surface area (Å²) < 4.78 is 83.2. The third-order valence-electron chi connectivity index (χ3n) is 4.83. The Morgan fingerprint density at radius 1 is 0.925 bits per heavy atom. The van der Waals surface area contributed by atoms with E-state index in [1.807, 2.05) is 0 Å². The molecule has 0 aliphatic heterocycles. The van der Waals surface area contributed by atoms with Gasteiger partial charge in [0, 0.05) is 12.6 Å². The van der Waals surface area contributed by atoms with Crippen molar-refractivity contribution in [3.8, 4) is 0 Å². The van der Waals surface area contributed by atoms with Gasteiger partial charge >= 0.3 is 17.9 Å². The lowest BCUT2D eigenvalue weighted by Gasteiger charge is -2.09. The van der Waals surface area contributed by atoms with E-state index in [9.17, 15) is 40.7 Å². The lowest BCUT2D eigenvalue weighted by molar-refractivity contribution is -0.157. The SMILES string of the molecule is N=C(N)NCCC[C@H](N)C(=O)O.N[C@@H](Cc1ccc(F)cc1)C(=O)OC(=O)C=Cc1c(F)c(F)c(F)c(F)c1F. The third-order valence-corrected chi connectivity index (χ3v) is 4.83. The zero-order valence-corrected chi connectivity index (χ0v) is 20.5. The standard InChI is InChI=1S/C18H11F6NO3.C6H14N4O2/c19-9-3-1-8(2-4-9)7-11(25)18(27)28-12(26)6-5-10-13(20)15(22)17(24)16(23)14(10)21;7-4(5(11)12)2-1-3-10-6(8)9/h1-6,11H,7,25H2;4H,1-3,7H2,(H,11,12)(H4,8,9,10)/t11-;4-/m00/s1. The monoisotopic (exact) mass is 577 g/mol.